The molecule has 9 heteroatoms. The number of rotatable bonds is 4. The van der Waals surface area contributed by atoms with Gasteiger partial charge in [0, 0.05) is 35.8 Å². The van der Waals surface area contributed by atoms with Crippen LogP contribution in [0.25, 0.3) is 4.91 Å². The third kappa shape index (κ3) is 4.93. The Morgan fingerprint density at radius 3 is 2.48 bits per heavy atom. The monoisotopic (exact) mass is 438 g/mol. The quantitative estimate of drug-likeness (QED) is 0.753. The minimum Gasteiger partial charge on any atom is -0.356 e. The van der Waals surface area contributed by atoms with Crippen molar-refractivity contribution in [2.75, 3.05) is 13.1 Å². The van der Waals surface area contributed by atoms with E-state index in [0.717, 1.165) is 19.3 Å². The van der Waals surface area contributed by atoms with Crippen LogP contribution in [0.1, 0.15) is 45.6 Å². The van der Waals surface area contributed by atoms with Gasteiger partial charge in [0.15, 0.2) is 0 Å². The van der Waals surface area contributed by atoms with Gasteiger partial charge in [-0.3, -0.25) is 0 Å². The third-order valence-electron chi connectivity index (χ3n) is 5.37. The van der Waals surface area contributed by atoms with Gasteiger partial charge in [-0.15, -0.1) is 4.40 Å². The van der Waals surface area contributed by atoms with Gasteiger partial charge in [-0.2, -0.15) is 8.42 Å². The molecule has 1 unspecified atom stereocenters. The Labute approximate surface area is 177 Å². The van der Waals surface area contributed by atoms with Gasteiger partial charge in [0.25, 0.3) is 10.0 Å². The molecule has 1 aromatic carbocycles. The summed E-state index contributed by atoms with van der Waals surface area (Å²) in [5, 5.41) is 6.46. The van der Waals surface area contributed by atoms with Crippen LogP contribution in [0.3, 0.4) is 0 Å². The number of nitrogens with zero attached hydrogens (tertiary/aromatic N) is 2. The first-order chi connectivity index (χ1) is 13.7. The van der Waals surface area contributed by atoms with Crippen LogP contribution in [0.5, 0.6) is 0 Å². The molecule has 2 aliphatic heterocycles. The maximum Gasteiger partial charge on any atom is 0.315 e. The molecule has 1 atom stereocenters. The number of carbonyl (C=O) groups is 1. The van der Waals surface area contributed by atoms with Crippen LogP contribution in [-0.2, 0) is 10.0 Å². The molecule has 0 saturated carbocycles. The Hall–Kier alpha value is -2.06. The van der Waals surface area contributed by atoms with Crippen molar-refractivity contribution < 1.29 is 13.2 Å². The highest BCUT2D eigenvalue weighted by molar-refractivity contribution is 8.00. The van der Waals surface area contributed by atoms with Crippen LogP contribution < -0.4 is 10.6 Å². The number of nitrogens with one attached hydrogen (secondary N) is 2. The summed E-state index contributed by atoms with van der Waals surface area (Å²) in [6.45, 7) is 7.04. The van der Waals surface area contributed by atoms with E-state index in [-0.39, 0.29) is 23.0 Å². The number of hydrogen-bond acceptors (Lipinski definition) is 4. The van der Waals surface area contributed by atoms with E-state index in [4.69, 9.17) is 11.6 Å². The Kier molecular flexibility index (Phi) is 6.53. The standard InChI is InChI=1S/C20H27ClN4O3S/c1-4-13(2)22-20(26)23-17-9-11-25(12-10-17)19-14(3)18(29(27,28)24-19)15-5-7-16(21)8-6-15/h5-8,13,17H,4,9-12H2,1-3H3,(H2,22,23,26). The first kappa shape index (κ1) is 21.6. The summed E-state index contributed by atoms with van der Waals surface area (Å²) in [4.78, 5) is 14.2. The summed E-state index contributed by atoms with van der Waals surface area (Å²) in [6, 6.07) is 6.78. The SMILES string of the molecule is CCC(C)NC(=O)NC1CCN(C2=NS(=O)(=O)C(c3ccc(Cl)cc3)=C2C)CC1. The number of likely N-dealkylation sites (tertiary alicyclic amines) is 1. The van der Waals surface area contributed by atoms with E-state index in [9.17, 15) is 13.2 Å². The van der Waals surface area contributed by atoms with Crippen molar-refractivity contribution in [2.45, 2.75) is 52.1 Å². The molecule has 1 aromatic rings. The Balaban J connectivity index is 1.68. The Bertz CT molecular complexity index is 933. The fraction of sp³-hybridized carbons (Fsp3) is 0.500. The molecule has 1 saturated heterocycles. The number of urea groups is 1. The second-order valence-electron chi connectivity index (χ2n) is 7.54. The van der Waals surface area contributed by atoms with Crippen molar-refractivity contribution in [2.24, 2.45) is 4.40 Å². The summed E-state index contributed by atoms with van der Waals surface area (Å²) in [5.74, 6) is 0.498. The van der Waals surface area contributed by atoms with Crippen molar-refractivity contribution in [1.29, 1.82) is 0 Å². The van der Waals surface area contributed by atoms with E-state index >= 15 is 0 Å². The molecule has 2 aliphatic rings. The normalized spacial score (nSPS) is 20.4. The van der Waals surface area contributed by atoms with Crippen molar-refractivity contribution in [3.63, 3.8) is 0 Å². The Morgan fingerprint density at radius 2 is 1.90 bits per heavy atom. The van der Waals surface area contributed by atoms with Crippen LogP contribution in [0.4, 0.5) is 4.79 Å². The third-order valence-corrected chi connectivity index (χ3v) is 7.09. The molecule has 0 aromatic heterocycles. The maximum absolute atomic E-state index is 12.7. The number of carbonyl (C=O) groups excluding carboxylic acids is 1. The van der Waals surface area contributed by atoms with Crippen molar-refractivity contribution in [1.82, 2.24) is 15.5 Å². The number of hydrogen-bond donors (Lipinski definition) is 2. The molecule has 2 N–H and O–H groups in total. The summed E-state index contributed by atoms with van der Waals surface area (Å²) < 4.78 is 29.4. The van der Waals surface area contributed by atoms with Crippen LogP contribution in [0.15, 0.2) is 34.2 Å². The number of benzene rings is 1. The van der Waals surface area contributed by atoms with E-state index in [0.29, 0.717) is 35.1 Å². The predicted molar refractivity (Wildman–Crippen MR) is 116 cm³/mol. The number of piperidine rings is 1. The lowest BCUT2D eigenvalue weighted by Gasteiger charge is -2.34. The fourth-order valence-corrected chi connectivity index (χ4v) is 5.18. The van der Waals surface area contributed by atoms with E-state index in [1.807, 2.05) is 18.7 Å². The molecule has 0 bridgehead atoms. The first-order valence-corrected chi connectivity index (χ1v) is 11.7. The van der Waals surface area contributed by atoms with Gasteiger partial charge in [-0.1, -0.05) is 30.7 Å². The number of halogens is 1. The number of sulfonamides is 1. The lowest BCUT2D eigenvalue weighted by Crippen LogP contribution is -2.50. The van der Waals surface area contributed by atoms with Crippen molar-refractivity contribution in [3.8, 4) is 0 Å². The molecular weight excluding hydrogens is 412 g/mol. The van der Waals surface area contributed by atoms with Crippen molar-refractivity contribution >= 4 is 38.4 Å². The minimum absolute atomic E-state index is 0.0638. The second-order valence-corrected chi connectivity index (χ2v) is 9.52. The van der Waals surface area contributed by atoms with Gasteiger partial charge in [0.2, 0.25) is 0 Å². The smallest absolute Gasteiger partial charge is 0.315 e. The zero-order chi connectivity index (χ0) is 21.2. The average Bonchev–Trinajstić information content (AvgIpc) is 2.92. The van der Waals surface area contributed by atoms with Gasteiger partial charge in [-0.05, 0) is 50.8 Å². The van der Waals surface area contributed by atoms with Crippen molar-refractivity contribution in [3.05, 3.63) is 40.4 Å². The van der Waals surface area contributed by atoms with E-state index in [2.05, 4.69) is 15.0 Å². The van der Waals surface area contributed by atoms with Crippen LogP contribution in [0, 0.1) is 0 Å². The maximum atomic E-state index is 12.7. The van der Waals surface area contributed by atoms with Gasteiger partial charge in [0.1, 0.15) is 10.7 Å². The molecule has 1 fully saturated rings. The summed E-state index contributed by atoms with van der Waals surface area (Å²) in [6.07, 6.45) is 2.34. The molecule has 2 amide bonds. The first-order valence-electron chi connectivity index (χ1n) is 9.85. The highest BCUT2D eigenvalue weighted by Crippen LogP contribution is 2.34. The summed E-state index contributed by atoms with van der Waals surface area (Å²) in [5.41, 5.74) is 1.23. The fourth-order valence-electron chi connectivity index (χ4n) is 3.57. The zero-order valence-corrected chi connectivity index (χ0v) is 18.5. The lowest BCUT2D eigenvalue weighted by molar-refractivity contribution is 0.223. The molecule has 0 spiro atoms. The molecule has 158 valence electrons. The second kappa shape index (κ2) is 8.75. The van der Waals surface area contributed by atoms with Crippen LogP contribution >= 0.6 is 11.6 Å². The summed E-state index contributed by atoms with van der Waals surface area (Å²) in [7, 11) is -3.75. The number of amidine groups is 1. The Morgan fingerprint density at radius 1 is 1.28 bits per heavy atom. The molecule has 2 heterocycles. The largest absolute Gasteiger partial charge is 0.356 e. The van der Waals surface area contributed by atoms with Gasteiger partial charge >= 0.3 is 6.03 Å². The molecule has 3 rings (SSSR count). The highest BCUT2D eigenvalue weighted by Gasteiger charge is 2.35. The van der Waals surface area contributed by atoms with Gasteiger partial charge in [0.05, 0.1) is 0 Å². The van der Waals surface area contributed by atoms with Crippen LogP contribution in [-0.4, -0.2) is 50.4 Å². The van der Waals surface area contributed by atoms with Gasteiger partial charge in [-0.25, -0.2) is 4.79 Å². The molecular formula is C20H27ClN4O3S. The van der Waals surface area contributed by atoms with Crippen LogP contribution in [0.2, 0.25) is 5.02 Å². The molecule has 29 heavy (non-hydrogen) atoms. The molecule has 0 radical (unpaired) electrons. The zero-order valence-electron chi connectivity index (χ0n) is 16.9. The van der Waals surface area contributed by atoms with Gasteiger partial charge < -0.3 is 15.5 Å². The average molecular weight is 439 g/mol. The van der Waals surface area contributed by atoms with E-state index in [1.165, 1.54) is 0 Å². The lowest BCUT2D eigenvalue weighted by atomic mass is 10.0. The number of amides is 2. The predicted octanol–water partition coefficient (Wildman–Crippen LogP) is 3.38. The minimum atomic E-state index is -3.75. The topological polar surface area (TPSA) is 90.9 Å². The van der Waals surface area contributed by atoms with E-state index in [1.54, 1.807) is 31.2 Å². The van der Waals surface area contributed by atoms with E-state index < -0.39 is 10.0 Å². The summed E-state index contributed by atoms with van der Waals surface area (Å²) >= 11 is 5.93. The molecule has 0 aliphatic carbocycles. The molecule has 7 nitrogen and oxygen atoms in total. The highest BCUT2D eigenvalue weighted by atomic mass is 35.5.